The van der Waals surface area contributed by atoms with Crippen molar-refractivity contribution in [1.82, 2.24) is 4.57 Å². The van der Waals surface area contributed by atoms with E-state index in [1.165, 1.54) is 23.9 Å². The van der Waals surface area contributed by atoms with E-state index in [0.717, 1.165) is 16.5 Å². The molecule has 5 rings (SSSR count). The van der Waals surface area contributed by atoms with Gasteiger partial charge in [0.2, 0.25) is 10.0 Å². The second-order valence-electron chi connectivity index (χ2n) is 7.73. The molecule has 0 aliphatic carbocycles. The number of nitrogens with two attached hydrogens (primary N) is 1. The Hall–Kier alpha value is -3.66. The number of aliphatic imine (C=N–C) groups is 1. The predicted octanol–water partition coefficient (Wildman–Crippen LogP) is 4.63. The summed E-state index contributed by atoms with van der Waals surface area (Å²) in [5, 5.41) is 6.72. The Labute approximate surface area is 201 Å². The molecule has 0 spiro atoms. The van der Waals surface area contributed by atoms with E-state index in [1.54, 1.807) is 17.0 Å². The molecule has 0 radical (unpaired) electrons. The maximum atomic E-state index is 13.5. The minimum absolute atomic E-state index is 0.00283. The number of nitrogens with zero attached hydrogens (tertiary/aromatic N) is 3. The Balaban J connectivity index is 1.58. The number of rotatable bonds is 4. The number of thioether (sulfide) groups is 1. The van der Waals surface area contributed by atoms with Crippen molar-refractivity contribution in [1.29, 1.82) is 0 Å². The molecule has 1 saturated heterocycles. The molecular formula is C25H20N4O3S2. The lowest BCUT2D eigenvalue weighted by molar-refractivity contribution is -0.113. The molecule has 0 saturated carbocycles. The third-order valence-corrected chi connectivity index (χ3v) is 7.32. The van der Waals surface area contributed by atoms with Crippen LogP contribution in [0.5, 0.6) is 0 Å². The fraction of sp³-hybridized carbons (Fsp3) is 0.0400. The van der Waals surface area contributed by atoms with Crippen LogP contribution in [0.3, 0.4) is 0 Å². The molecular weight excluding hydrogens is 468 g/mol. The summed E-state index contributed by atoms with van der Waals surface area (Å²) < 4.78 is 25.1. The van der Waals surface area contributed by atoms with Crippen molar-refractivity contribution >= 4 is 61.2 Å². The van der Waals surface area contributed by atoms with Crippen molar-refractivity contribution in [2.24, 2.45) is 17.2 Å². The number of carbonyl (C=O) groups excluding carboxylic acids is 1. The van der Waals surface area contributed by atoms with Crippen molar-refractivity contribution in [2.75, 3.05) is 4.90 Å². The first kappa shape index (κ1) is 22.1. The first-order valence-corrected chi connectivity index (χ1v) is 12.7. The summed E-state index contributed by atoms with van der Waals surface area (Å²) in [7, 11) is -1.82. The Bertz CT molecular complexity index is 1570. The first-order valence-electron chi connectivity index (χ1n) is 10.4. The quantitative estimate of drug-likeness (QED) is 0.423. The fourth-order valence-corrected chi connectivity index (χ4v) is 5.31. The van der Waals surface area contributed by atoms with E-state index >= 15 is 0 Å². The van der Waals surface area contributed by atoms with Gasteiger partial charge in [-0.25, -0.2) is 18.5 Å². The van der Waals surface area contributed by atoms with Gasteiger partial charge in [0.15, 0.2) is 5.17 Å². The lowest BCUT2D eigenvalue weighted by Gasteiger charge is -2.15. The van der Waals surface area contributed by atoms with Gasteiger partial charge in [0.1, 0.15) is 0 Å². The van der Waals surface area contributed by atoms with Crippen LogP contribution in [0, 0.1) is 0 Å². The lowest BCUT2D eigenvalue weighted by Crippen LogP contribution is -2.28. The first-order chi connectivity index (χ1) is 16.3. The average Bonchev–Trinajstić information content (AvgIpc) is 3.30. The van der Waals surface area contributed by atoms with E-state index in [1.807, 2.05) is 78.5 Å². The molecule has 34 heavy (non-hydrogen) atoms. The van der Waals surface area contributed by atoms with E-state index < -0.39 is 10.0 Å². The Kier molecular flexibility index (Phi) is 5.60. The van der Waals surface area contributed by atoms with Gasteiger partial charge < -0.3 is 4.57 Å². The number of aromatic nitrogens is 1. The molecule has 1 aliphatic heterocycles. The molecule has 0 unspecified atom stereocenters. The zero-order valence-corrected chi connectivity index (χ0v) is 19.8. The number of fused-ring (bicyclic) bond motifs is 1. The Morgan fingerprint density at radius 1 is 0.941 bits per heavy atom. The summed E-state index contributed by atoms with van der Waals surface area (Å²) in [5.74, 6) is -0.177. The van der Waals surface area contributed by atoms with Crippen molar-refractivity contribution in [3.05, 3.63) is 95.5 Å². The largest absolute Gasteiger partial charge is 0.350 e. The molecule has 170 valence electrons. The molecule has 1 amide bonds. The van der Waals surface area contributed by atoms with Gasteiger partial charge in [-0.3, -0.25) is 9.69 Å². The summed E-state index contributed by atoms with van der Waals surface area (Å²) in [6.07, 6.45) is 3.89. The summed E-state index contributed by atoms with van der Waals surface area (Å²) in [6, 6.07) is 23.2. The third-order valence-electron chi connectivity index (χ3n) is 5.43. The van der Waals surface area contributed by atoms with Crippen LogP contribution in [0.25, 0.3) is 17.0 Å². The zero-order chi connectivity index (χ0) is 23.9. The van der Waals surface area contributed by atoms with Gasteiger partial charge in [-0.1, -0.05) is 36.4 Å². The fourth-order valence-electron chi connectivity index (χ4n) is 3.80. The zero-order valence-electron chi connectivity index (χ0n) is 18.1. The molecule has 1 fully saturated rings. The minimum Gasteiger partial charge on any atom is -0.350 e. The van der Waals surface area contributed by atoms with Crippen LogP contribution < -0.4 is 10.0 Å². The van der Waals surface area contributed by atoms with Crippen LogP contribution in [-0.4, -0.2) is 24.1 Å². The molecule has 0 bridgehead atoms. The van der Waals surface area contributed by atoms with Crippen LogP contribution in [0.4, 0.5) is 11.4 Å². The topological polar surface area (TPSA) is 97.8 Å². The van der Waals surface area contributed by atoms with Crippen molar-refractivity contribution < 1.29 is 13.2 Å². The van der Waals surface area contributed by atoms with Crippen molar-refractivity contribution in [3.8, 4) is 0 Å². The second-order valence-corrected chi connectivity index (χ2v) is 10.3. The normalized spacial score (nSPS) is 16.8. The van der Waals surface area contributed by atoms with Gasteiger partial charge in [0.05, 0.1) is 21.2 Å². The van der Waals surface area contributed by atoms with Gasteiger partial charge in [0, 0.05) is 29.7 Å². The third kappa shape index (κ3) is 4.16. The average molecular weight is 489 g/mol. The standard InChI is InChI=1S/C25H20N4O3S2/c1-28-16-17(21-9-5-6-10-22(21)28)15-23-24(30)29(19-7-3-2-4-8-19)25(33-23)27-18-11-13-20(14-12-18)34(26,31)32/h2-16H,1H3,(H2,26,31,32)/b23-15?,27-25-. The Morgan fingerprint density at radius 2 is 1.62 bits per heavy atom. The maximum absolute atomic E-state index is 13.5. The monoisotopic (exact) mass is 488 g/mol. The highest BCUT2D eigenvalue weighted by atomic mass is 32.2. The van der Waals surface area contributed by atoms with Crippen LogP contribution in [0.2, 0.25) is 0 Å². The van der Waals surface area contributed by atoms with Crippen LogP contribution in [0.15, 0.2) is 99.9 Å². The molecule has 1 aromatic heterocycles. The summed E-state index contributed by atoms with van der Waals surface area (Å²) >= 11 is 1.27. The molecule has 9 heteroatoms. The molecule has 2 N–H and O–H groups in total. The highest BCUT2D eigenvalue weighted by molar-refractivity contribution is 8.19. The highest BCUT2D eigenvalue weighted by Gasteiger charge is 2.35. The van der Waals surface area contributed by atoms with Crippen molar-refractivity contribution in [2.45, 2.75) is 4.90 Å². The summed E-state index contributed by atoms with van der Waals surface area (Å²) in [5.41, 5.74) is 3.23. The number of sulfonamides is 1. The number of amidine groups is 1. The van der Waals surface area contributed by atoms with E-state index in [-0.39, 0.29) is 10.8 Å². The van der Waals surface area contributed by atoms with Gasteiger partial charge in [-0.05, 0) is 60.3 Å². The van der Waals surface area contributed by atoms with E-state index in [4.69, 9.17) is 5.14 Å². The molecule has 1 aliphatic rings. The lowest BCUT2D eigenvalue weighted by atomic mass is 10.1. The maximum Gasteiger partial charge on any atom is 0.271 e. The summed E-state index contributed by atoms with van der Waals surface area (Å²) in [6.45, 7) is 0. The predicted molar refractivity (Wildman–Crippen MR) is 137 cm³/mol. The smallest absolute Gasteiger partial charge is 0.271 e. The van der Waals surface area contributed by atoms with E-state index in [2.05, 4.69) is 4.99 Å². The molecule has 4 aromatic rings. The number of anilines is 1. The van der Waals surface area contributed by atoms with Gasteiger partial charge in [0.25, 0.3) is 5.91 Å². The molecule has 0 atom stereocenters. The number of carbonyl (C=O) groups is 1. The number of hydrogen-bond donors (Lipinski definition) is 1. The SMILES string of the molecule is Cn1cc(C=C2S/C(=N\c3ccc(S(N)(=O)=O)cc3)N(c3ccccc3)C2=O)c2ccccc21. The molecule has 2 heterocycles. The minimum atomic E-state index is -3.80. The number of amides is 1. The van der Waals surface area contributed by atoms with Gasteiger partial charge in [-0.2, -0.15) is 0 Å². The number of benzene rings is 3. The number of aryl methyl sites for hydroxylation is 1. The van der Waals surface area contributed by atoms with E-state index in [9.17, 15) is 13.2 Å². The second kappa shape index (κ2) is 8.60. The van der Waals surface area contributed by atoms with Crippen LogP contribution >= 0.6 is 11.8 Å². The number of hydrogen-bond acceptors (Lipinski definition) is 5. The number of para-hydroxylation sites is 2. The molecule has 7 nitrogen and oxygen atoms in total. The summed E-state index contributed by atoms with van der Waals surface area (Å²) in [4.78, 5) is 20.3. The Morgan fingerprint density at radius 3 is 2.32 bits per heavy atom. The number of primary sulfonamides is 1. The van der Waals surface area contributed by atoms with E-state index in [0.29, 0.717) is 21.4 Å². The van der Waals surface area contributed by atoms with Crippen molar-refractivity contribution in [3.63, 3.8) is 0 Å². The highest BCUT2D eigenvalue weighted by Crippen LogP contribution is 2.38. The van der Waals surface area contributed by atoms with Gasteiger partial charge >= 0.3 is 0 Å². The van der Waals surface area contributed by atoms with Gasteiger partial charge in [-0.15, -0.1) is 0 Å². The molecule has 3 aromatic carbocycles. The van der Waals surface area contributed by atoms with Crippen LogP contribution in [-0.2, 0) is 21.9 Å². The van der Waals surface area contributed by atoms with Crippen LogP contribution in [0.1, 0.15) is 5.56 Å².